The molecule has 4 rings (SSSR count). The molecule has 0 radical (unpaired) electrons. The number of fused-ring (bicyclic) bond motifs is 2. The summed E-state index contributed by atoms with van der Waals surface area (Å²) in [5, 5.41) is 13.8. The van der Waals surface area contributed by atoms with Crippen LogP contribution >= 0.6 is 12.4 Å². The van der Waals surface area contributed by atoms with E-state index in [-0.39, 0.29) is 12.4 Å². The van der Waals surface area contributed by atoms with Gasteiger partial charge in [0.05, 0.1) is 11.7 Å². The third-order valence-electron chi connectivity index (χ3n) is 3.88. The number of nitrogens with zero attached hydrogens (tertiary/aromatic N) is 3. The van der Waals surface area contributed by atoms with Crippen LogP contribution in [-0.4, -0.2) is 27.7 Å². The second-order valence-electron chi connectivity index (χ2n) is 5.51. The van der Waals surface area contributed by atoms with E-state index in [2.05, 4.69) is 10.1 Å². The summed E-state index contributed by atoms with van der Waals surface area (Å²) in [7, 11) is 0. The van der Waals surface area contributed by atoms with Gasteiger partial charge in [0, 0.05) is 24.3 Å². The van der Waals surface area contributed by atoms with Crippen molar-refractivity contribution in [3.8, 4) is 17.2 Å². The summed E-state index contributed by atoms with van der Waals surface area (Å²) in [4.78, 5) is 4.40. The zero-order valence-electron chi connectivity index (χ0n) is 13.7. The predicted octanol–water partition coefficient (Wildman–Crippen LogP) is 2.80. The van der Waals surface area contributed by atoms with Gasteiger partial charge in [0.2, 0.25) is 0 Å². The Bertz CT molecular complexity index is 1120. The first kappa shape index (κ1) is 17.8. The zero-order chi connectivity index (χ0) is 17.2. The fourth-order valence-electron chi connectivity index (χ4n) is 2.69. The number of hydrogen-bond donors (Lipinski definition) is 2. The second kappa shape index (κ2) is 7.47. The molecule has 0 amide bonds. The summed E-state index contributed by atoms with van der Waals surface area (Å²) >= 11 is 0. The number of rotatable bonds is 4. The number of halogens is 1. The standard InChI is InChI=1S/C18H16N4O3.ClH/c19-5-7-24-13-3-4-17-14(9-13)15(21-23)10-18(25-17)16-8-12-2-1-6-22(12)11-20-16;/h1-4,6,8-11,23H,5,7,19H2;1H. The summed E-state index contributed by atoms with van der Waals surface area (Å²) in [5.74, 6) is 1.15. The molecule has 0 bridgehead atoms. The van der Waals surface area contributed by atoms with Crippen LogP contribution in [0, 0.1) is 0 Å². The Morgan fingerprint density at radius 3 is 2.92 bits per heavy atom. The van der Waals surface area contributed by atoms with Crippen molar-refractivity contribution in [3.05, 3.63) is 60.3 Å². The van der Waals surface area contributed by atoms with Gasteiger partial charge in [-0.25, -0.2) is 4.98 Å². The lowest BCUT2D eigenvalue weighted by Crippen LogP contribution is -2.11. The molecule has 3 heterocycles. The largest absolute Gasteiger partial charge is 0.492 e. The summed E-state index contributed by atoms with van der Waals surface area (Å²) in [6.07, 6.45) is 3.63. The summed E-state index contributed by atoms with van der Waals surface area (Å²) in [5.41, 5.74) is 7.67. The molecular formula is C18H17ClN4O3. The third-order valence-corrected chi connectivity index (χ3v) is 3.88. The minimum Gasteiger partial charge on any atom is -0.492 e. The molecule has 3 aromatic heterocycles. The molecule has 0 spiro atoms. The maximum absolute atomic E-state index is 9.41. The molecule has 8 heteroatoms. The van der Waals surface area contributed by atoms with Crippen LogP contribution < -0.4 is 15.8 Å². The van der Waals surface area contributed by atoms with Crippen LogP contribution in [-0.2, 0) is 0 Å². The fraction of sp³-hybridized carbons (Fsp3) is 0.111. The Morgan fingerprint density at radius 1 is 1.23 bits per heavy atom. The number of hydrogen-bond acceptors (Lipinski definition) is 6. The van der Waals surface area contributed by atoms with E-state index < -0.39 is 0 Å². The average Bonchev–Trinajstić information content (AvgIpc) is 3.13. The number of nitrogens with two attached hydrogens (primary N) is 1. The van der Waals surface area contributed by atoms with Gasteiger partial charge in [0.15, 0.2) is 5.76 Å². The van der Waals surface area contributed by atoms with Crippen molar-refractivity contribution in [1.29, 1.82) is 0 Å². The van der Waals surface area contributed by atoms with Gasteiger partial charge < -0.3 is 24.5 Å². The topological polar surface area (TPSA) is 98.3 Å². The van der Waals surface area contributed by atoms with Crippen LogP contribution in [0.4, 0.5) is 0 Å². The lowest BCUT2D eigenvalue weighted by molar-refractivity contribution is 0.302. The SMILES string of the molecule is Cl.NCCOc1ccc2oc(-c3cc4cccn4cn3)cc(=NO)c2c1. The van der Waals surface area contributed by atoms with Crippen molar-refractivity contribution in [2.75, 3.05) is 13.2 Å². The lowest BCUT2D eigenvalue weighted by Gasteiger charge is -2.07. The van der Waals surface area contributed by atoms with Crippen LogP contribution in [0.1, 0.15) is 0 Å². The van der Waals surface area contributed by atoms with E-state index in [1.54, 1.807) is 30.6 Å². The Balaban J connectivity index is 0.00000196. The second-order valence-corrected chi connectivity index (χ2v) is 5.51. The van der Waals surface area contributed by atoms with Crippen LogP contribution in [0.3, 0.4) is 0 Å². The molecule has 0 unspecified atom stereocenters. The molecule has 0 atom stereocenters. The molecule has 134 valence electrons. The van der Waals surface area contributed by atoms with Gasteiger partial charge in [0.25, 0.3) is 0 Å². The first-order valence-corrected chi connectivity index (χ1v) is 7.80. The highest BCUT2D eigenvalue weighted by molar-refractivity contribution is 5.85. The first-order chi connectivity index (χ1) is 12.3. The third kappa shape index (κ3) is 3.22. The van der Waals surface area contributed by atoms with E-state index in [4.69, 9.17) is 14.9 Å². The maximum atomic E-state index is 9.41. The van der Waals surface area contributed by atoms with Crippen molar-refractivity contribution in [3.63, 3.8) is 0 Å². The molecule has 0 fully saturated rings. The highest BCUT2D eigenvalue weighted by Gasteiger charge is 2.09. The van der Waals surface area contributed by atoms with Gasteiger partial charge in [-0.1, -0.05) is 5.16 Å². The van der Waals surface area contributed by atoms with Crippen LogP contribution in [0.5, 0.6) is 5.75 Å². The number of ether oxygens (including phenoxy) is 1. The van der Waals surface area contributed by atoms with E-state index in [1.807, 2.05) is 28.8 Å². The molecule has 0 saturated heterocycles. The lowest BCUT2D eigenvalue weighted by atomic mass is 10.2. The van der Waals surface area contributed by atoms with Crippen molar-refractivity contribution in [2.24, 2.45) is 10.9 Å². The van der Waals surface area contributed by atoms with Gasteiger partial charge in [-0.15, -0.1) is 12.4 Å². The Morgan fingerprint density at radius 2 is 2.12 bits per heavy atom. The normalized spacial score (nSPS) is 11.7. The molecule has 0 saturated carbocycles. The highest BCUT2D eigenvalue weighted by Crippen LogP contribution is 2.24. The van der Waals surface area contributed by atoms with Crippen molar-refractivity contribution >= 4 is 28.9 Å². The molecule has 1 aromatic carbocycles. The molecule has 3 N–H and O–H groups in total. The van der Waals surface area contributed by atoms with Gasteiger partial charge in [-0.2, -0.15) is 0 Å². The summed E-state index contributed by atoms with van der Waals surface area (Å²) in [6, 6.07) is 12.8. The predicted molar refractivity (Wildman–Crippen MR) is 99.5 cm³/mol. The fourth-order valence-corrected chi connectivity index (χ4v) is 2.69. The maximum Gasteiger partial charge on any atom is 0.155 e. The smallest absolute Gasteiger partial charge is 0.155 e. The summed E-state index contributed by atoms with van der Waals surface area (Å²) < 4.78 is 13.4. The quantitative estimate of drug-likeness (QED) is 0.424. The minimum absolute atomic E-state index is 0. The molecule has 4 aromatic rings. The van der Waals surface area contributed by atoms with Gasteiger partial charge in [-0.3, -0.25) is 0 Å². The molecule has 0 aliphatic rings. The van der Waals surface area contributed by atoms with Crippen molar-refractivity contribution in [1.82, 2.24) is 9.38 Å². The minimum atomic E-state index is 0. The molecule has 0 aliphatic carbocycles. The number of aromatic nitrogens is 2. The van der Waals surface area contributed by atoms with Crippen LogP contribution in [0.15, 0.2) is 64.6 Å². The van der Waals surface area contributed by atoms with Crippen LogP contribution in [0.25, 0.3) is 27.9 Å². The van der Waals surface area contributed by atoms with E-state index in [9.17, 15) is 5.21 Å². The Kier molecular flexibility index (Phi) is 5.11. The molecule has 7 nitrogen and oxygen atoms in total. The monoisotopic (exact) mass is 372 g/mol. The van der Waals surface area contributed by atoms with Gasteiger partial charge in [0.1, 0.15) is 29.0 Å². The van der Waals surface area contributed by atoms with Gasteiger partial charge >= 0.3 is 0 Å². The van der Waals surface area contributed by atoms with Crippen molar-refractivity contribution < 1.29 is 14.4 Å². The van der Waals surface area contributed by atoms with E-state index in [0.29, 0.717) is 46.7 Å². The average molecular weight is 373 g/mol. The Labute approximate surface area is 154 Å². The van der Waals surface area contributed by atoms with E-state index in [1.165, 1.54) is 0 Å². The molecule has 0 aliphatic heterocycles. The highest BCUT2D eigenvalue weighted by atomic mass is 35.5. The molecule has 26 heavy (non-hydrogen) atoms. The van der Waals surface area contributed by atoms with Crippen LogP contribution in [0.2, 0.25) is 0 Å². The van der Waals surface area contributed by atoms with E-state index in [0.717, 1.165) is 5.52 Å². The first-order valence-electron chi connectivity index (χ1n) is 7.80. The number of benzene rings is 1. The van der Waals surface area contributed by atoms with Gasteiger partial charge in [-0.05, 0) is 36.4 Å². The van der Waals surface area contributed by atoms with E-state index >= 15 is 0 Å². The molecular weight excluding hydrogens is 356 g/mol. The summed E-state index contributed by atoms with van der Waals surface area (Å²) in [6.45, 7) is 0.833. The van der Waals surface area contributed by atoms with Crippen molar-refractivity contribution in [2.45, 2.75) is 0 Å². The zero-order valence-corrected chi connectivity index (χ0v) is 14.5. The Hall–Kier alpha value is -3.03.